The zero-order valence-electron chi connectivity index (χ0n) is 12.8. The van der Waals surface area contributed by atoms with Crippen LogP contribution in [0.25, 0.3) is 0 Å². The summed E-state index contributed by atoms with van der Waals surface area (Å²) in [5, 5.41) is 7.91. The van der Waals surface area contributed by atoms with Crippen molar-refractivity contribution in [2.24, 2.45) is 5.92 Å². The third kappa shape index (κ3) is 2.53. The molecule has 0 aromatic carbocycles. The van der Waals surface area contributed by atoms with E-state index < -0.39 is 0 Å². The van der Waals surface area contributed by atoms with Crippen molar-refractivity contribution < 1.29 is 0 Å². The molecule has 0 radical (unpaired) electrons. The second-order valence-corrected chi connectivity index (χ2v) is 7.57. The number of fused-ring (bicyclic) bond motifs is 1. The highest BCUT2D eigenvalue weighted by Gasteiger charge is 2.40. The first-order valence-corrected chi connectivity index (χ1v) is 9.15. The molecule has 2 N–H and O–H groups in total. The Bertz CT molecular complexity index is 326. The molecule has 3 aliphatic heterocycles. The molecule has 5 unspecified atom stereocenters. The molecule has 5 atom stereocenters. The van der Waals surface area contributed by atoms with Gasteiger partial charge in [-0.15, -0.1) is 0 Å². The van der Waals surface area contributed by atoms with Gasteiger partial charge in [-0.2, -0.15) is 0 Å². The standard InChI is InChI=1S/C17H31N3/c1-2-6-15(13(5-1)14-7-3-10-18-14)19-16-9-12-20-11-4-8-17(16)20/h13-19H,1-12H2. The first-order chi connectivity index (χ1) is 9.92. The average molecular weight is 277 g/mol. The van der Waals surface area contributed by atoms with Gasteiger partial charge in [0.05, 0.1) is 0 Å². The zero-order valence-corrected chi connectivity index (χ0v) is 12.8. The summed E-state index contributed by atoms with van der Waals surface area (Å²) in [7, 11) is 0. The number of nitrogens with zero attached hydrogens (tertiary/aromatic N) is 1. The van der Waals surface area contributed by atoms with E-state index in [1.165, 1.54) is 77.4 Å². The van der Waals surface area contributed by atoms with Gasteiger partial charge >= 0.3 is 0 Å². The molecule has 3 heteroatoms. The predicted octanol–water partition coefficient (Wildman–Crippen LogP) is 2.12. The van der Waals surface area contributed by atoms with Crippen molar-refractivity contribution in [3.63, 3.8) is 0 Å². The lowest BCUT2D eigenvalue weighted by Gasteiger charge is -2.39. The van der Waals surface area contributed by atoms with E-state index in [4.69, 9.17) is 0 Å². The van der Waals surface area contributed by atoms with E-state index in [2.05, 4.69) is 15.5 Å². The van der Waals surface area contributed by atoms with Gasteiger partial charge < -0.3 is 10.6 Å². The fourth-order valence-electron chi connectivity index (χ4n) is 5.48. The first-order valence-electron chi connectivity index (χ1n) is 9.15. The summed E-state index contributed by atoms with van der Waals surface area (Å²) in [6, 6.07) is 3.28. The Labute approximate surface area is 123 Å². The summed E-state index contributed by atoms with van der Waals surface area (Å²) < 4.78 is 0. The summed E-state index contributed by atoms with van der Waals surface area (Å²) in [6.45, 7) is 3.97. The van der Waals surface area contributed by atoms with E-state index in [1.54, 1.807) is 0 Å². The van der Waals surface area contributed by atoms with Gasteiger partial charge in [-0.25, -0.2) is 0 Å². The fourth-order valence-corrected chi connectivity index (χ4v) is 5.48. The molecule has 3 saturated heterocycles. The highest BCUT2D eigenvalue weighted by Crippen LogP contribution is 2.34. The number of nitrogens with one attached hydrogen (secondary N) is 2. The number of hydrogen-bond donors (Lipinski definition) is 2. The van der Waals surface area contributed by atoms with Crippen LogP contribution in [0.15, 0.2) is 0 Å². The molecule has 1 aliphatic carbocycles. The third-order valence-electron chi connectivity index (χ3n) is 6.47. The van der Waals surface area contributed by atoms with Crippen LogP contribution in [0.3, 0.4) is 0 Å². The monoisotopic (exact) mass is 277 g/mol. The highest BCUT2D eigenvalue weighted by atomic mass is 15.2. The lowest BCUT2D eigenvalue weighted by Crippen LogP contribution is -2.52. The van der Waals surface area contributed by atoms with E-state index in [0.717, 1.165) is 30.1 Å². The van der Waals surface area contributed by atoms with E-state index in [9.17, 15) is 0 Å². The molecule has 3 heterocycles. The van der Waals surface area contributed by atoms with Gasteiger partial charge in [0.1, 0.15) is 0 Å². The minimum atomic E-state index is 0.796. The maximum atomic E-state index is 4.13. The van der Waals surface area contributed by atoms with Crippen molar-refractivity contribution in [2.75, 3.05) is 19.6 Å². The minimum Gasteiger partial charge on any atom is -0.314 e. The molecule has 3 nitrogen and oxygen atoms in total. The Morgan fingerprint density at radius 3 is 2.65 bits per heavy atom. The molecule has 20 heavy (non-hydrogen) atoms. The van der Waals surface area contributed by atoms with Gasteiger partial charge in [0, 0.05) is 30.7 Å². The molecule has 0 spiro atoms. The molecule has 4 aliphatic rings. The third-order valence-corrected chi connectivity index (χ3v) is 6.47. The van der Waals surface area contributed by atoms with Crippen LogP contribution in [0.5, 0.6) is 0 Å². The van der Waals surface area contributed by atoms with Crippen molar-refractivity contribution in [1.29, 1.82) is 0 Å². The van der Waals surface area contributed by atoms with Gasteiger partial charge in [0.15, 0.2) is 0 Å². The molecule has 4 rings (SSSR count). The minimum absolute atomic E-state index is 0.796. The van der Waals surface area contributed by atoms with E-state index in [1.807, 2.05) is 0 Å². The predicted molar refractivity (Wildman–Crippen MR) is 82.9 cm³/mol. The van der Waals surface area contributed by atoms with Crippen LogP contribution < -0.4 is 10.6 Å². The molecule has 114 valence electrons. The Morgan fingerprint density at radius 2 is 1.75 bits per heavy atom. The van der Waals surface area contributed by atoms with Crippen LogP contribution in [0.1, 0.15) is 57.8 Å². The molecular formula is C17H31N3. The van der Waals surface area contributed by atoms with Crippen molar-refractivity contribution >= 4 is 0 Å². The number of rotatable bonds is 3. The van der Waals surface area contributed by atoms with Crippen LogP contribution in [0.2, 0.25) is 0 Å². The van der Waals surface area contributed by atoms with Crippen LogP contribution in [-0.2, 0) is 0 Å². The fraction of sp³-hybridized carbons (Fsp3) is 1.00. The van der Waals surface area contributed by atoms with Crippen LogP contribution in [0.4, 0.5) is 0 Å². The average Bonchev–Trinajstić information content (AvgIpc) is 3.18. The zero-order chi connectivity index (χ0) is 13.4. The summed E-state index contributed by atoms with van der Waals surface area (Å²) in [5.74, 6) is 0.904. The summed E-state index contributed by atoms with van der Waals surface area (Å²) >= 11 is 0. The smallest absolute Gasteiger partial charge is 0.0250 e. The topological polar surface area (TPSA) is 27.3 Å². The van der Waals surface area contributed by atoms with Gasteiger partial charge in [0.25, 0.3) is 0 Å². The number of hydrogen-bond acceptors (Lipinski definition) is 3. The van der Waals surface area contributed by atoms with Gasteiger partial charge in [-0.05, 0) is 64.0 Å². The quantitative estimate of drug-likeness (QED) is 0.827. The molecule has 4 fully saturated rings. The molecule has 0 amide bonds. The maximum absolute atomic E-state index is 4.13. The molecular weight excluding hydrogens is 246 g/mol. The summed E-state index contributed by atoms with van der Waals surface area (Å²) in [6.07, 6.45) is 12.9. The lowest BCUT2D eigenvalue weighted by molar-refractivity contribution is 0.188. The Morgan fingerprint density at radius 1 is 0.800 bits per heavy atom. The van der Waals surface area contributed by atoms with Crippen LogP contribution in [-0.4, -0.2) is 48.7 Å². The molecule has 1 saturated carbocycles. The summed E-state index contributed by atoms with van der Waals surface area (Å²) in [5.41, 5.74) is 0. The van der Waals surface area contributed by atoms with Crippen molar-refractivity contribution in [2.45, 2.75) is 82.0 Å². The lowest BCUT2D eigenvalue weighted by atomic mass is 9.78. The maximum Gasteiger partial charge on any atom is 0.0250 e. The molecule has 0 aromatic rings. The highest BCUT2D eigenvalue weighted by molar-refractivity contribution is 4.99. The molecule has 0 aromatic heterocycles. The first kappa shape index (κ1) is 13.5. The van der Waals surface area contributed by atoms with E-state index in [0.29, 0.717) is 0 Å². The van der Waals surface area contributed by atoms with Gasteiger partial charge in [0.2, 0.25) is 0 Å². The van der Waals surface area contributed by atoms with Crippen molar-refractivity contribution in [3.05, 3.63) is 0 Å². The largest absolute Gasteiger partial charge is 0.314 e. The Hall–Kier alpha value is -0.120. The van der Waals surface area contributed by atoms with Crippen LogP contribution in [0, 0.1) is 5.92 Å². The second-order valence-electron chi connectivity index (χ2n) is 7.57. The van der Waals surface area contributed by atoms with Gasteiger partial charge in [-0.1, -0.05) is 12.8 Å². The SMILES string of the molecule is C1CNC(C2CCCCC2NC2CCN3CCCC23)C1. The van der Waals surface area contributed by atoms with Gasteiger partial charge in [-0.3, -0.25) is 4.90 Å². The van der Waals surface area contributed by atoms with E-state index in [-0.39, 0.29) is 0 Å². The molecule has 0 bridgehead atoms. The normalized spacial score (nSPS) is 45.9. The Balaban J connectivity index is 1.40. The second kappa shape index (κ2) is 5.94. The van der Waals surface area contributed by atoms with E-state index >= 15 is 0 Å². The van der Waals surface area contributed by atoms with Crippen molar-refractivity contribution in [1.82, 2.24) is 15.5 Å². The summed E-state index contributed by atoms with van der Waals surface area (Å²) in [4.78, 5) is 2.74. The van der Waals surface area contributed by atoms with Crippen molar-refractivity contribution in [3.8, 4) is 0 Å². The Kier molecular flexibility index (Phi) is 4.02. The van der Waals surface area contributed by atoms with Crippen LogP contribution >= 0.6 is 0 Å².